The summed E-state index contributed by atoms with van der Waals surface area (Å²) in [7, 11) is 0. The van der Waals surface area contributed by atoms with Gasteiger partial charge in [0.05, 0.1) is 23.6 Å². The Morgan fingerprint density at radius 1 is 1.06 bits per heavy atom. The summed E-state index contributed by atoms with van der Waals surface area (Å²) in [6, 6.07) is 20.0. The number of hydrogen-bond acceptors (Lipinski definition) is 6. The third kappa shape index (κ3) is 4.69. The molecule has 7 nitrogen and oxygen atoms in total. The summed E-state index contributed by atoms with van der Waals surface area (Å²) in [6.45, 7) is 4.32. The molecule has 1 aliphatic heterocycles. The van der Waals surface area contributed by atoms with Crippen LogP contribution in [0.25, 0.3) is 5.69 Å². The molecule has 0 N–H and O–H groups in total. The highest BCUT2D eigenvalue weighted by Gasteiger charge is 2.52. The maximum atomic E-state index is 13.6. The van der Waals surface area contributed by atoms with Crippen molar-refractivity contribution in [2.75, 3.05) is 31.1 Å². The van der Waals surface area contributed by atoms with Crippen molar-refractivity contribution in [2.45, 2.75) is 30.4 Å². The fourth-order valence-corrected chi connectivity index (χ4v) is 5.38. The van der Waals surface area contributed by atoms with Gasteiger partial charge in [-0.2, -0.15) is 15.0 Å². The van der Waals surface area contributed by atoms with Gasteiger partial charge >= 0.3 is 0 Å². The van der Waals surface area contributed by atoms with Crippen molar-refractivity contribution >= 4 is 23.4 Å². The fraction of sp³-hybridized carbons (Fsp3) is 0.333. The minimum Gasteiger partial charge on any atom is -0.366 e. The molecule has 0 atom stereocenters. The van der Waals surface area contributed by atoms with Gasteiger partial charge in [-0.05, 0) is 37.5 Å². The minimum atomic E-state index is -0.797. The molecule has 35 heavy (non-hydrogen) atoms. The van der Waals surface area contributed by atoms with Crippen LogP contribution in [0, 0.1) is 23.7 Å². The van der Waals surface area contributed by atoms with E-state index in [0.717, 1.165) is 16.9 Å². The van der Waals surface area contributed by atoms with Crippen LogP contribution in [0.5, 0.6) is 0 Å². The molecule has 2 aromatic carbocycles. The highest BCUT2D eigenvalue weighted by atomic mass is 32.2. The number of rotatable bonds is 6. The number of nitrogens with zero attached hydrogens (tertiary/aromatic N) is 5. The number of aryl methyl sites for hydroxylation is 1. The monoisotopic (exact) mass is 485 g/mol. The molecular formula is C27H27N5O2S. The highest BCUT2D eigenvalue weighted by molar-refractivity contribution is 7.98. The predicted octanol–water partition coefficient (Wildman–Crippen LogP) is 3.79. The summed E-state index contributed by atoms with van der Waals surface area (Å²) < 4.78 is 1.45. The first kappa shape index (κ1) is 23.2. The molecular weight excluding hydrogens is 458 g/mol. The van der Waals surface area contributed by atoms with Gasteiger partial charge in [-0.25, -0.2) is 0 Å². The Morgan fingerprint density at radius 3 is 2.37 bits per heavy atom. The summed E-state index contributed by atoms with van der Waals surface area (Å²) in [5.41, 5.74) is 2.93. The van der Waals surface area contributed by atoms with E-state index in [1.54, 1.807) is 11.1 Å². The molecule has 0 unspecified atom stereocenters. The Kier molecular flexibility index (Phi) is 6.35. The van der Waals surface area contributed by atoms with E-state index >= 15 is 0 Å². The zero-order chi connectivity index (χ0) is 24.4. The number of aromatic nitrogens is 2. The number of amides is 1. The maximum Gasteiger partial charge on any atom is 0.287 e. The number of piperazine rings is 1. The number of carbonyl (C=O) groups is 1. The lowest BCUT2D eigenvalue weighted by Gasteiger charge is -2.37. The van der Waals surface area contributed by atoms with Crippen molar-refractivity contribution in [3.63, 3.8) is 0 Å². The second-order valence-electron chi connectivity index (χ2n) is 9.16. The van der Waals surface area contributed by atoms with E-state index in [1.165, 1.54) is 22.0 Å². The Labute approximate surface area is 209 Å². The van der Waals surface area contributed by atoms with Crippen LogP contribution < -0.4 is 10.5 Å². The second kappa shape index (κ2) is 9.59. The largest absolute Gasteiger partial charge is 0.366 e. The van der Waals surface area contributed by atoms with Crippen LogP contribution in [-0.4, -0.2) is 46.8 Å². The number of hydrogen-bond donors (Lipinski definition) is 0. The van der Waals surface area contributed by atoms with Gasteiger partial charge in [0, 0.05) is 31.9 Å². The van der Waals surface area contributed by atoms with Crippen LogP contribution in [0.15, 0.2) is 70.5 Å². The Balaban J connectivity index is 1.41. The molecule has 0 spiro atoms. The SMILES string of the molecule is Cc1ccc(CSc2c(N3CCN(C(=O)C4(C#N)CC4)CC3)cnn(-c3ccccc3)c2=O)cc1. The van der Waals surface area contributed by atoms with Gasteiger partial charge in [0.25, 0.3) is 5.56 Å². The van der Waals surface area contributed by atoms with Crippen molar-refractivity contribution < 1.29 is 4.79 Å². The summed E-state index contributed by atoms with van der Waals surface area (Å²) in [4.78, 5) is 31.0. The zero-order valence-corrected chi connectivity index (χ0v) is 20.5. The number of para-hydroxylation sites is 1. The van der Waals surface area contributed by atoms with Crippen LogP contribution in [0.1, 0.15) is 24.0 Å². The molecule has 178 valence electrons. The van der Waals surface area contributed by atoms with Gasteiger partial charge in [-0.3, -0.25) is 9.59 Å². The average molecular weight is 486 g/mol. The normalized spacial score (nSPS) is 16.6. The predicted molar refractivity (Wildman–Crippen MR) is 137 cm³/mol. The van der Waals surface area contributed by atoms with Gasteiger partial charge in [0.2, 0.25) is 5.91 Å². The zero-order valence-electron chi connectivity index (χ0n) is 19.7. The lowest BCUT2D eigenvalue weighted by atomic mass is 10.1. The average Bonchev–Trinajstić information content (AvgIpc) is 3.70. The van der Waals surface area contributed by atoms with Gasteiger partial charge in [0.15, 0.2) is 0 Å². The van der Waals surface area contributed by atoms with Crippen molar-refractivity contribution in [2.24, 2.45) is 5.41 Å². The number of carbonyl (C=O) groups excluding carboxylic acids is 1. The van der Waals surface area contributed by atoms with Crippen LogP contribution in [0.2, 0.25) is 0 Å². The smallest absolute Gasteiger partial charge is 0.287 e. The summed E-state index contributed by atoms with van der Waals surface area (Å²) >= 11 is 1.52. The highest BCUT2D eigenvalue weighted by Crippen LogP contribution is 2.46. The Hall–Kier alpha value is -3.57. The Morgan fingerprint density at radius 2 is 1.74 bits per heavy atom. The van der Waals surface area contributed by atoms with Crippen LogP contribution in [0.3, 0.4) is 0 Å². The number of anilines is 1. The minimum absolute atomic E-state index is 0.0498. The van der Waals surface area contributed by atoms with Gasteiger partial charge in [0.1, 0.15) is 10.3 Å². The van der Waals surface area contributed by atoms with Crippen molar-refractivity contribution in [1.29, 1.82) is 5.26 Å². The van der Waals surface area contributed by atoms with Gasteiger partial charge in [-0.15, -0.1) is 11.8 Å². The van der Waals surface area contributed by atoms with E-state index in [0.29, 0.717) is 49.7 Å². The second-order valence-corrected chi connectivity index (χ2v) is 10.1. The van der Waals surface area contributed by atoms with Crippen LogP contribution >= 0.6 is 11.8 Å². The third-order valence-corrected chi connectivity index (χ3v) is 7.85. The molecule has 1 aliphatic carbocycles. The molecule has 1 amide bonds. The fourth-order valence-electron chi connectivity index (χ4n) is 4.33. The summed E-state index contributed by atoms with van der Waals surface area (Å²) in [5.74, 6) is 0.621. The van der Waals surface area contributed by atoms with E-state index in [1.807, 2.05) is 30.3 Å². The Bertz CT molecular complexity index is 1320. The van der Waals surface area contributed by atoms with E-state index in [-0.39, 0.29) is 11.5 Å². The third-order valence-electron chi connectivity index (χ3n) is 6.70. The lowest BCUT2D eigenvalue weighted by Crippen LogP contribution is -2.51. The van der Waals surface area contributed by atoms with E-state index < -0.39 is 5.41 Å². The summed E-state index contributed by atoms with van der Waals surface area (Å²) in [6.07, 6.45) is 3.08. The van der Waals surface area contributed by atoms with E-state index in [4.69, 9.17) is 0 Å². The van der Waals surface area contributed by atoms with Crippen LogP contribution in [-0.2, 0) is 10.5 Å². The standard InChI is InChI=1S/C27H27N5O2S/c1-20-7-9-21(10-8-20)18-35-24-23(17-29-32(25(24)33)22-5-3-2-4-6-22)30-13-15-31(16-14-30)26(34)27(19-28)11-12-27/h2-10,17H,11-16,18H2,1H3. The molecule has 1 saturated heterocycles. The first-order valence-electron chi connectivity index (χ1n) is 11.8. The van der Waals surface area contributed by atoms with E-state index in [2.05, 4.69) is 47.3 Å². The number of thioether (sulfide) groups is 1. The van der Waals surface area contributed by atoms with Crippen LogP contribution in [0.4, 0.5) is 5.69 Å². The number of benzene rings is 2. The molecule has 0 radical (unpaired) electrons. The molecule has 3 aromatic rings. The van der Waals surface area contributed by atoms with Crippen molar-refractivity contribution in [3.8, 4) is 11.8 Å². The lowest BCUT2D eigenvalue weighted by molar-refractivity contribution is -0.135. The molecule has 0 bridgehead atoms. The van der Waals surface area contributed by atoms with Gasteiger partial charge < -0.3 is 9.80 Å². The van der Waals surface area contributed by atoms with E-state index in [9.17, 15) is 14.9 Å². The number of nitriles is 1. The maximum absolute atomic E-state index is 13.6. The molecule has 1 aromatic heterocycles. The first-order chi connectivity index (χ1) is 17.0. The molecule has 2 aliphatic rings. The quantitative estimate of drug-likeness (QED) is 0.494. The van der Waals surface area contributed by atoms with Crippen molar-refractivity contribution in [1.82, 2.24) is 14.7 Å². The molecule has 5 rings (SSSR count). The molecule has 1 saturated carbocycles. The first-order valence-corrected chi connectivity index (χ1v) is 12.8. The van der Waals surface area contributed by atoms with Gasteiger partial charge in [-0.1, -0.05) is 48.0 Å². The summed E-state index contributed by atoms with van der Waals surface area (Å²) in [5, 5.41) is 13.9. The molecule has 8 heteroatoms. The van der Waals surface area contributed by atoms with Crippen molar-refractivity contribution in [3.05, 3.63) is 82.3 Å². The molecule has 2 heterocycles. The molecule has 2 fully saturated rings. The topological polar surface area (TPSA) is 82.2 Å².